The number of nitrogens with one attached hydrogen (secondary N) is 2. The van der Waals surface area contributed by atoms with Gasteiger partial charge in [0.15, 0.2) is 0 Å². The number of imide groups is 1. The van der Waals surface area contributed by atoms with Crippen LogP contribution >= 0.6 is 6.72 Å². The number of amides is 3. The van der Waals surface area contributed by atoms with E-state index in [4.69, 9.17) is 9.79 Å². The van der Waals surface area contributed by atoms with Gasteiger partial charge < -0.3 is 29.8 Å². The van der Waals surface area contributed by atoms with E-state index in [0.717, 1.165) is 0 Å². The Balaban J connectivity index is 2.13. The van der Waals surface area contributed by atoms with E-state index in [1.165, 1.54) is 0 Å². The van der Waals surface area contributed by atoms with Crippen molar-refractivity contribution in [2.24, 2.45) is 5.92 Å². The van der Waals surface area contributed by atoms with Crippen molar-refractivity contribution in [1.29, 1.82) is 0 Å². The molecule has 1 aliphatic carbocycles. The number of carbonyl (C=O) groups excluding carboxylic acids is 2. The highest BCUT2D eigenvalue weighted by Gasteiger charge is 2.61. The second-order valence-electron chi connectivity index (χ2n) is 4.57. The van der Waals surface area contributed by atoms with Gasteiger partial charge in [-0.15, -0.1) is 0 Å². The lowest BCUT2D eigenvalue weighted by atomic mass is 9.94. The van der Waals surface area contributed by atoms with Crippen LogP contribution in [0.1, 0.15) is 6.42 Å². The van der Waals surface area contributed by atoms with Crippen molar-refractivity contribution < 1.29 is 34.1 Å². The Morgan fingerprint density at radius 2 is 2.05 bits per heavy atom. The molecule has 0 unspecified atom stereocenters. The third-order valence-electron chi connectivity index (χ3n) is 3.32. The first-order chi connectivity index (χ1) is 8.66. The van der Waals surface area contributed by atoms with Gasteiger partial charge in [0.25, 0.3) is 5.91 Å². The normalized spacial score (nSPS) is 38.6. The van der Waals surface area contributed by atoms with Gasteiger partial charge in [-0.05, 0) is 18.2 Å². The van der Waals surface area contributed by atoms with E-state index in [1.54, 1.807) is 0 Å². The van der Waals surface area contributed by atoms with Crippen molar-refractivity contribution in [3.05, 3.63) is 0 Å². The smallest absolute Gasteiger partial charge is 0.322 e. The van der Waals surface area contributed by atoms with E-state index in [0.29, 0.717) is 0 Å². The van der Waals surface area contributed by atoms with Crippen LogP contribution in [0.5, 0.6) is 0 Å². The first-order valence-corrected chi connectivity index (χ1v) is 7.98. The van der Waals surface area contributed by atoms with Crippen molar-refractivity contribution in [2.75, 3.05) is 6.61 Å². The Morgan fingerprint density at radius 1 is 1.42 bits per heavy atom. The average molecular weight is 312 g/mol. The molecule has 0 radical (unpaired) electrons. The molecule has 6 N–H and O–H groups in total. The summed E-state index contributed by atoms with van der Waals surface area (Å²) < 4.78 is 4.62. The quantitative estimate of drug-likeness (QED) is 0.248. The number of aliphatic hydroxyl groups excluding tert-OH is 2. The van der Waals surface area contributed by atoms with Crippen LogP contribution in [0, 0.1) is 5.92 Å². The maximum absolute atomic E-state index is 11.7. The van der Waals surface area contributed by atoms with Crippen LogP contribution in [0.3, 0.4) is 0 Å². The van der Waals surface area contributed by atoms with Gasteiger partial charge in [0.1, 0.15) is 11.6 Å². The molecule has 1 aliphatic heterocycles. The molecule has 0 bridgehead atoms. The maximum atomic E-state index is 11.7. The number of urea groups is 1. The van der Waals surface area contributed by atoms with Crippen LogP contribution in [-0.4, -0.2) is 56.3 Å². The fourth-order valence-electron chi connectivity index (χ4n) is 2.41. The van der Waals surface area contributed by atoms with E-state index < -0.39 is 42.3 Å². The molecule has 3 amide bonds. The van der Waals surface area contributed by atoms with Gasteiger partial charge in [-0.3, -0.25) is 10.1 Å². The van der Waals surface area contributed by atoms with Crippen molar-refractivity contribution in [1.82, 2.24) is 10.6 Å². The van der Waals surface area contributed by atoms with E-state index in [2.05, 4.69) is 21.6 Å². The van der Waals surface area contributed by atoms with Gasteiger partial charge in [0.05, 0.1) is 12.7 Å². The predicted molar refractivity (Wildman–Crippen MR) is 64.2 cm³/mol. The van der Waals surface area contributed by atoms with Crippen molar-refractivity contribution in [2.45, 2.75) is 24.2 Å². The van der Waals surface area contributed by atoms with Crippen LogP contribution in [0.2, 0.25) is 0 Å². The fourth-order valence-corrected chi connectivity index (χ4v) is 2.98. The molecular formula is C8H13N2O7PS. The summed E-state index contributed by atoms with van der Waals surface area (Å²) in [6.45, 7) is -4.22. The molecule has 1 heterocycles. The lowest BCUT2D eigenvalue weighted by molar-refractivity contribution is -0.128. The van der Waals surface area contributed by atoms with Crippen molar-refractivity contribution >= 4 is 30.5 Å². The maximum Gasteiger partial charge on any atom is 0.322 e. The third kappa shape index (κ3) is 2.65. The van der Waals surface area contributed by atoms with E-state index in [9.17, 15) is 19.8 Å². The zero-order chi connectivity index (χ0) is 14.4. The minimum Gasteiger partial charge on any atom is -0.390 e. The molecule has 0 aromatic heterocycles. The Bertz CT molecular complexity index is 468. The summed E-state index contributed by atoms with van der Waals surface area (Å²) in [5.74, 6) is -1.50. The Labute approximate surface area is 112 Å². The topological polar surface area (TPSA) is 148 Å². The van der Waals surface area contributed by atoms with Gasteiger partial charge in [0.2, 0.25) is 0 Å². The highest BCUT2D eigenvalue weighted by Crippen LogP contribution is 2.42. The van der Waals surface area contributed by atoms with Crippen LogP contribution in [-0.2, 0) is 21.1 Å². The molecule has 2 rings (SSSR count). The van der Waals surface area contributed by atoms with Crippen molar-refractivity contribution in [3.8, 4) is 0 Å². The largest absolute Gasteiger partial charge is 0.390 e. The summed E-state index contributed by atoms with van der Waals surface area (Å²) in [6, 6.07) is -0.757. The molecule has 0 aromatic carbocycles. The zero-order valence-electron chi connectivity index (χ0n) is 9.52. The number of aliphatic hydroxyl groups is 2. The summed E-state index contributed by atoms with van der Waals surface area (Å²) in [5, 5.41) is 24.0. The van der Waals surface area contributed by atoms with Crippen LogP contribution < -0.4 is 10.6 Å². The number of hydrogen-bond acceptors (Lipinski definition) is 6. The SMILES string of the molecule is O=C1NC(=O)[C@]2(C[C@H](COP(O)(O)=S)[C@@H](O)[C@H]2O)N1. The second kappa shape index (κ2) is 4.74. The van der Waals surface area contributed by atoms with Gasteiger partial charge >= 0.3 is 12.7 Å². The Morgan fingerprint density at radius 3 is 2.53 bits per heavy atom. The molecule has 4 atom stereocenters. The summed E-state index contributed by atoms with van der Waals surface area (Å²) in [5.41, 5.74) is -1.61. The molecule has 108 valence electrons. The summed E-state index contributed by atoms with van der Waals surface area (Å²) in [4.78, 5) is 40.7. The zero-order valence-corrected chi connectivity index (χ0v) is 11.2. The van der Waals surface area contributed by atoms with E-state index in [-0.39, 0.29) is 13.0 Å². The standard InChI is InChI=1S/C8H13N2O7PS/c11-4-3(2-17-18(15,16)19)1-8(5(4)12)6(13)9-7(14)10-8/h3-5,11-12H,1-2H2,(H2,15,16,19)(H2,9,10,13,14)/t3-,4-,5-,8-/m1/s1. The van der Waals surface area contributed by atoms with Crippen LogP contribution in [0.25, 0.3) is 0 Å². The minimum absolute atomic E-state index is 0.0950. The van der Waals surface area contributed by atoms with Crippen LogP contribution in [0.4, 0.5) is 4.79 Å². The molecule has 0 aromatic rings. The molecule has 1 saturated heterocycles. The first kappa shape index (κ1) is 14.8. The molecule has 1 saturated carbocycles. The number of rotatable bonds is 3. The van der Waals surface area contributed by atoms with Crippen molar-refractivity contribution in [3.63, 3.8) is 0 Å². The van der Waals surface area contributed by atoms with E-state index in [1.807, 2.05) is 5.32 Å². The highest BCUT2D eigenvalue weighted by atomic mass is 32.5. The van der Waals surface area contributed by atoms with Crippen LogP contribution in [0.15, 0.2) is 0 Å². The fraction of sp³-hybridized carbons (Fsp3) is 0.750. The summed E-state index contributed by atoms with van der Waals surface area (Å²) in [6.07, 6.45) is -2.96. The first-order valence-electron chi connectivity index (χ1n) is 5.35. The van der Waals surface area contributed by atoms with Gasteiger partial charge in [-0.1, -0.05) is 0 Å². The lowest BCUT2D eigenvalue weighted by Crippen LogP contribution is -2.55. The minimum atomic E-state index is -3.88. The lowest BCUT2D eigenvalue weighted by Gasteiger charge is -2.24. The van der Waals surface area contributed by atoms with Gasteiger partial charge in [-0.2, -0.15) is 0 Å². The third-order valence-corrected chi connectivity index (χ3v) is 4.12. The van der Waals surface area contributed by atoms with Gasteiger partial charge in [-0.25, -0.2) is 4.79 Å². The number of hydrogen-bond donors (Lipinski definition) is 6. The molecule has 19 heavy (non-hydrogen) atoms. The predicted octanol–water partition coefficient (Wildman–Crippen LogP) is -2.47. The van der Waals surface area contributed by atoms with Gasteiger partial charge in [0, 0.05) is 5.92 Å². The monoisotopic (exact) mass is 312 g/mol. The molecular weight excluding hydrogens is 299 g/mol. The molecule has 11 heteroatoms. The Hall–Kier alpha value is -0.610. The highest BCUT2D eigenvalue weighted by molar-refractivity contribution is 8.06. The molecule has 2 fully saturated rings. The second-order valence-corrected chi connectivity index (χ2v) is 7.23. The van der Waals surface area contributed by atoms with E-state index >= 15 is 0 Å². The Kier molecular flexibility index (Phi) is 3.69. The molecule has 1 spiro atoms. The average Bonchev–Trinajstić information content (AvgIpc) is 2.68. The molecule has 2 aliphatic rings. The summed E-state index contributed by atoms with van der Waals surface area (Å²) >= 11 is 4.26. The molecule has 9 nitrogen and oxygen atoms in total. The number of carbonyl (C=O) groups is 2. The summed E-state index contributed by atoms with van der Waals surface area (Å²) in [7, 11) is 0.